The van der Waals surface area contributed by atoms with Crippen LogP contribution in [0.3, 0.4) is 0 Å². The minimum Gasteiger partial charge on any atom is 0 e. The molecule has 1 rings (SSSR count). The summed E-state index contributed by atoms with van der Waals surface area (Å²) >= 11 is 0. The molecule has 0 aliphatic rings. The predicted octanol–water partition coefficient (Wildman–Crippen LogP) is 1.09. The Kier molecular flexibility index (Phi) is 96.9. The van der Waals surface area contributed by atoms with E-state index in [9.17, 15) is 4.79 Å². The molecule has 0 spiro atoms. The van der Waals surface area contributed by atoms with Crippen molar-refractivity contribution in [3.63, 3.8) is 0 Å². The first-order valence-electron chi connectivity index (χ1n) is 3.74. The number of carbonyl (C=O) groups is 1. The fraction of sp³-hybridized carbons (Fsp3) is 0.0833. The molecule has 102 valence electrons. The molecular formula is C12H7CrNO6. The molecule has 0 saturated heterocycles. The van der Waals surface area contributed by atoms with Gasteiger partial charge in [-0.1, -0.05) is 0 Å². The second-order valence-corrected chi connectivity index (χ2v) is 1.79. The number of nitrogens with zero attached hydrogens (tertiary/aromatic N) is 1. The van der Waals surface area contributed by atoms with E-state index >= 15 is 0 Å². The molecule has 0 atom stereocenters. The largest absolute Gasteiger partial charge is 0 e. The van der Waals surface area contributed by atoms with Crippen molar-refractivity contribution in [2.24, 2.45) is 0 Å². The van der Waals surface area contributed by atoms with Gasteiger partial charge < -0.3 is 0 Å². The minimum absolute atomic E-state index is 0. The summed E-state index contributed by atoms with van der Waals surface area (Å²) in [6.45, 7) is 24.0. The summed E-state index contributed by atoms with van der Waals surface area (Å²) in [6.07, 6.45) is 3.22. The molecular weight excluding hydrogens is 306 g/mol. The van der Waals surface area contributed by atoms with Gasteiger partial charge in [-0.15, -0.1) is 0 Å². The van der Waals surface area contributed by atoms with Crippen LogP contribution in [0.4, 0.5) is 0 Å². The van der Waals surface area contributed by atoms with Crippen LogP contribution in [0.1, 0.15) is 17.3 Å². The average Bonchev–Trinajstić information content (AvgIpc) is 2.57. The first kappa shape index (κ1) is 36.1. The molecule has 1 aromatic rings. The molecule has 7 nitrogen and oxygen atoms in total. The van der Waals surface area contributed by atoms with Crippen LogP contribution < -0.4 is 0 Å². The molecule has 0 radical (unpaired) electrons. The van der Waals surface area contributed by atoms with Crippen molar-refractivity contribution in [1.82, 2.24) is 4.98 Å². The van der Waals surface area contributed by atoms with Crippen molar-refractivity contribution in [2.75, 3.05) is 0 Å². The molecule has 0 N–H and O–H groups in total. The van der Waals surface area contributed by atoms with Crippen LogP contribution in [-0.4, -0.2) is 10.8 Å². The van der Waals surface area contributed by atoms with Crippen molar-refractivity contribution in [1.29, 1.82) is 0 Å². The van der Waals surface area contributed by atoms with Crippen molar-refractivity contribution in [3.05, 3.63) is 63.3 Å². The summed E-state index contributed by atoms with van der Waals surface area (Å²) in [5, 5.41) is 0. The molecule has 0 amide bonds. The molecule has 0 bridgehead atoms. The van der Waals surface area contributed by atoms with E-state index in [0.717, 1.165) is 0 Å². The zero-order valence-electron chi connectivity index (χ0n) is 10.1. The van der Waals surface area contributed by atoms with Gasteiger partial charge in [0.05, 0.1) is 0 Å². The number of Topliss-reactive ketones (excluding diaryl/α,β-unsaturated/α-hetero) is 1. The first-order valence-corrected chi connectivity index (χ1v) is 3.74. The van der Waals surface area contributed by atoms with Gasteiger partial charge >= 0.3 is 56.5 Å². The second-order valence-electron chi connectivity index (χ2n) is 1.79. The SMILES string of the molecule is CC(=O)c1ccncc1.[C-]#[O+].[C-]#[O+].[C-]#[O+].[C-]#[O+].[C-]#[O+].[Cr]. The third-order valence-corrected chi connectivity index (χ3v) is 1.09. The fourth-order valence-electron chi connectivity index (χ4n) is 0.587. The zero-order chi connectivity index (χ0) is 16.7. The maximum Gasteiger partial charge on any atom is 0 e. The maximum atomic E-state index is 10.6. The summed E-state index contributed by atoms with van der Waals surface area (Å²) < 4.78 is 37.5. The van der Waals surface area contributed by atoms with E-state index in [1.54, 1.807) is 24.5 Å². The molecule has 0 aliphatic carbocycles. The summed E-state index contributed by atoms with van der Waals surface area (Å²) in [5.41, 5.74) is 0.713. The van der Waals surface area contributed by atoms with E-state index in [-0.39, 0.29) is 23.1 Å². The van der Waals surface area contributed by atoms with Crippen LogP contribution in [0.5, 0.6) is 0 Å². The average molecular weight is 313 g/mol. The quantitative estimate of drug-likeness (QED) is 0.436. The van der Waals surface area contributed by atoms with Gasteiger partial charge in [-0.25, -0.2) is 0 Å². The van der Waals surface area contributed by atoms with Gasteiger partial charge in [-0.3, -0.25) is 9.78 Å². The third kappa shape index (κ3) is 36.0. The van der Waals surface area contributed by atoms with Crippen LogP contribution in [0, 0.1) is 33.3 Å². The van der Waals surface area contributed by atoms with E-state index in [0.29, 0.717) is 5.56 Å². The van der Waals surface area contributed by atoms with Crippen LogP contribution in [0.25, 0.3) is 0 Å². The maximum absolute atomic E-state index is 10.6. The monoisotopic (exact) mass is 313 g/mol. The van der Waals surface area contributed by atoms with Gasteiger partial charge in [-0.2, -0.15) is 0 Å². The van der Waals surface area contributed by atoms with Crippen molar-refractivity contribution >= 4 is 5.78 Å². The molecule has 8 heteroatoms. The Morgan fingerprint density at radius 2 is 1.10 bits per heavy atom. The summed E-state index contributed by atoms with van der Waals surface area (Å²) in [7, 11) is 0. The standard InChI is InChI=1S/C7H7NO.5CO.Cr/c1-6(9)7-2-4-8-5-3-7;5*1-2;/h2-5H,1H3;;;;;;. The van der Waals surface area contributed by atoms with E-state index in [1.165, 1.54) is 6.92 Å². The van der Waals surface area contributed by atoms with Crippen molar-refractivity contribution in [2.45, 2.75) is 6.92 Å². The summed E-state index contributed by atoms with van der Waals surface area (Å²) in [6, 6.07) is 3.39. The Morgan fingerprint density at radius 3 is 1.25 bits per heavy atom. The molecule has 0 unspecified atom stereocenters. The zero-order valence-corrected chi connectivity index (χ0v) is 11.4. The van der Waals surface area contributed by atoms with Crippen LogP contribution in [0.15, 0.2) is 24.5 Å². The third-order valence-electron chi connectivity index (χ3n) is 1.09. The van der Waals surface area contributed by atoms with Crippen molar-refractivity contribution < 1.29 is 45.4 Å². The Bertz CT molecular complexity index is 359. The predicted molar refractivity (Wildman–Crippen MR) is 53.9 cm³/mol. The van der Waals surface area contributed by atoms with Crippen LogP contribution >= 0.6 is 0 Å². The van der Waals surface area contributed by atoms with Gasteiger partial charge in [0.2, 0.25) is 0 Å². The molecule has 20 heavy (non-hydrogen) atoms. The number of hydrogen-bond acceptors (Lipinski definition) is 2. The van der Waals surface area contributed by atoms with Gasteiger partial charge in [0.25, 0.3) is 0 Å². The van der Waals surface area contributed by atoms with Crippen molar-refractivity contribution in [3.8, 4) is 0 Å². The van der Waals surface area contributed by atoms with E-state index in [2.05, 4.69) is 38.2 Å². The molecule has 0 fully saturated rings. The van der Waals surface area contributed by atoms with Gasteiger partial charge in [-0.05, 0) is 19.1 Å². The van der Waals surface area contributed by atoms with E-state index < -0.39 is 0 Å². The Morgan fingerprint density at radius 1 is 0.850 bits per heavy atom. The van der Waals surface area contributed by atoms with Gasteiger partial charge in [0.1, 0.15) is 0 Å². The molecule has 0 saturated carbocycles. The molecule has 1 heterocycles. The Labute approximate surface area is 127 Å². The molecule has 0 aliphatic heterocycles. The molecule has 0 aromatic carbocycles. The normalized spacial score (nSPS) is 4.55. The minimum atomic E-state index is 0. The smallest absolute Gasteiger partial charge is 0 e. The molecule has 1 aromatic heterocycles. The first-order chi connectivity index (χ1) is 9.30. The number of aromatic nitrogens is 1. The van der Waals surface area contributed by atoms with Gasteiger partial charge in [0, 0.05) is 35.3 Å². The fourth-order valence-corrected chi connectivity index (χ4v) is 0.587. The topological polar surface area (TPSA) is 129 Å². The Hall–Kier alpha value is -1.95. The number of hydrogen-bond donors (Lipinski definition) is 0. The summed E-state index contributed by atoms with van der Waals surface area (Å²) in [5.74, 6) is 0.0809. The number of ketones is 1. The van der Waals surface area contributed by atoms with Crippen LogP contribution in [-0.2, 0) is 40.6 Å². The summed E-state index contributed by atoms with van der Waals surface area (Å²) in [4.78, 5) is 14.4. The Balaban J connectivity index is -0.0000000384. The number of rotatable bonds is 1. The second kappa shape index (κ2) is 53.6. The van der Waals surface area contributed by atoms with Gasteiger partial charge in [0.15, 0.2) is 5.78 Å². The van der Waals surface area contributed by atoms with E-state index in [4.69, 9.17) is 23.3 Å². The van der Waals surface area contributed by atoms with Crippen LogP contribution in [0.2, 0.25) is 0 Å². The number of pyridine rings is 1. The van der Waals surface area contributed by atoms with E-state index in [1.807, 2.05) is 0 Å². The number of carbonyl (C=O) groups excluding carboxylic acids is 1.